The molecule has 0 spiro atoms. The number of phenols is 1. The second-order valence-corrected chi connectivity index (χ2v) is 6.80. The third-order valence-electron chi connectivity index (χ3n) is 2.81. The molecule has 0 aliphatic heterocycles. The number of rotatable bonds is 5. The van der Waals surface area contributed by atoms with Crippen LogP contribution < -0.4 is 10.2 Å². The molecule has 0 fully saturated rings. The molecular weight excluding hydrogens is 475 g/mol. The summed E-state index contributed by atoms with van der Waals surface area (Å²) in [6, 6.07) is 10.9. The first-order valence-electron chi connectivity index (χ1n) is 6.65. The topological polar surface area (TPSA) is 70.9 Å². The summed E-state index contributed by atoms with van der Waals surface area (Å²) < 4.78 is 6.87. The Labute approximate surface area is 156 Å². The summed E-state index contributed by atoms with van der Waals surface area (Å²) >= 11 is 5.35. The smallest absolute Gasteiger partial charge is 0.277 e. The van der Waals surface area contributed by atoms with E-state index < -0.39 is 0 Å². The number of nitrogens with one attached hydrogen (secondary N) is 1. The number of aryl methyl sites for hydroxylation is 1. The highest BCUT2D eigenvalue weighted by molar-refractivity contribution is 14.1. The summed E-state index contributed by atoms with van der Waals surface area (Å²) in [4.78, 5) is 11.7. The summed E-state index contributed by atoms with van der Waals surface area (Å²) in [6.07, 6.45) is 1.38. The van der Waals surface area contributed by atoms with Crippen LogP contribution in [0.3, 0.4) is 0 Å². The maximum atomic E-state index is 11.7. The summed E-state index contributed by atoms with van der Waals surface area (Å²) in [5, 5.41) is 13.7. The number of carbonyl (C=O) groups excluding carboxylic acids is 1. The van der Waals surface area contributed by atoms with Gasteiger partial charge in [-0.25, -0.2) is 5.43 Å². The quantitative estimate of drug-likeness (QED) is 0.384. The third-order valence-corrected chi connectivity index (χ3v) is 4.09. The van der Waals surface area contributed by atoms with Gasteiger partial charge in [0.05, 0.1) is 9.78 Å². The number of ether oxygens (including phenoxy) is 1. The Morgan fingerprint density at radius 2 is 2.22 bits per heavy atom. The van der Waals surface area contributed by atoms with Crippen molar-refractivity contribution in [2.45, 2.75) is 6.92 Å². The van der Waals surface area contributed by atoms with Gasteiger partial charge in [0.1, 0.15) is 11.5 Å². The van der Waals surface area contributed by atoms with Crippen LogP contribution in [-0.2, 0) is 4.79 Å². The molecule has 0 aliphatic rings. The molecule has 2 rings (SSSR count). The number of nitrogens with zero attached hydrogens (tertiary/aromatic N) is 1. The van der Waals surface area contributed by atoms with Crippen molar-refractivity contribution in [1.29, 1.82) is 0 Å². The first-order valence-corrected chi connectivity index (χ1v) is 8.52. The number of halogens is 2. The number of hydrazone groups is 1. The van der Waals surface area contributed by atoms with Crippen LogP contribution in [0.2, 0.25) is 0 Å². The highest BCUT2D eigenvalue weighted by atomic mass is 127. The van der Waals surface area contributed by atoms with Gasteiger partial charge in [-0.15, -0.1) is 0 Å². The van der Waals surface area contributed by atoms with Crippen LogP contribution in [0.5, 0.6) is 11.5 Å². The van der Waals surface area contributed by atoms with Crippen molar-refractivity contribution in [3.05, 3.63) is 55.6 Å². The SMILES string of the molecule is Cc1cccc(OCC(=O)NN=Cc2cc(Br)cc(I)c2O)c1. The molecule has 1 amide bonds. The molecule has 0 saturated carbocycles. The maximum Gasteiger partial charge on any atom is 0.277 e. The van der Waals surface area contributed by atoms with Crippen LogP contribution in [0, 0.1) is 10.5 Å². The van der Waals surface area contributed by atoms with Crippen molar-refractivity contribution < 1.29 is 14.6 Å². The van der Waals surface area contributed by atoms with Crippen LogP contribution in [0.15, 0.2) is 46.0 Å². The fourth-order valence-electron chi connectivity index (χ4n) is 1.74. The largest absolute Gasteiger partial charge is 0.506 e. The lowest BCUT2D eigenvalue weighted by Crippen LogP contribution is -2.24. The molecule has 5 nitrogen and oxygen atoms in total. The Morgan fingerprint density at radius 1 is 1.43 bits per heavy atom. The minimum atomic E-state index is -0.382. The van der Waals surface area contributed by atoms with E-state index in [1.54, 1.807) is 18.2 Å². The van der Waals surface area contributed by atoms with Crippen LogP contribution in [0.25, 0.3) is 0 Å². The number of benzene rings is 2. The van der Waals surface area contributed by atoms with Gasteiger partial charge in [0.2, 0.25) is 0 Å². The number of aromatic hydroxyl groups is 1. The molecule has 0 saturated heterocycles. The van der Waals surface area contributed by atoms with Gasteiger partial charge in [-0.2, -0.15) is 5.10 Å². The van der Waals surface area contributed by atoms with E-state index in [1.807, 2.05) is 47.7 Å². The molecule has 2 N–H and O–H groups in total. The molecule has 2 aromatic carbocycles. The van der Waals surface area contributed by atoms with E-state index in [-0.39, 0.29) is 18.3 Å². The molecule has 0 unspecified atom stereocenters. The van der Waals surface area contributed by atoms with E-state index in [9.17, 15) is 9.90 Å². The molecule has 7 heteroatoms. The zero-order chi connectivity index (χ0) is 16.8. The van der Waals surface area contributed by atoms with Gasteiger partial charge in [-0.05, 0) is 59.3 Å². The van der Waals surface area contributed by atoms with Crippen molar-refractivity contribution in [1.82, 2.24) is 5.43 Å². The second kappa shape index (κ2) is 8.30. The molecule has 23 heavy (non-hydrogen) atoms. The lowest BCUT2D eigenvalue weighted by atomic mass is 10.2. The van der Waals surface area contributed by atoms with Crippen molar-refractivity contribution in [3.63, 3.8) is 0 Å². The normalized spacial score (nSPS) is 10.7. The predicted octanol–water partition coefficient (Wildman–Crippen LogP) is 3.60. The first-order chi connectivity index (χ1) is 11.0. The zero-order valence-corrected chi connectivity index (χ0v) is 16.0. The van der Waals surface area contributed by atoms with E-state index in [2.05, 4.69) is 26.5 Å². The number of phenolic OH excluding ortho intramolecular Hbond substituents is 1. The molecule has 0 aliphatic carbocycles. The minimum Gasteiger partial charge on any atom is -0.506 e. The zero-order valence-electron chi connectivity index (χ0n) is 12.2. The van der Waals surface area contributed by atoms with Gasteiger partial charge in [-0.1, -0.05) is 28.1 Å². The fraction of sp³-hybridized carbons (Fsp3) is 0.125. The van der Waals surface area contributed by atoms with Crippen LogP contribution in [-0.4, -0.2) is 23.8 Å². The Morgan fingerprint density at radius 3 is 2.96 bits per heavy atom. The lowest BCUT2D eigenvalue weighted by Gasteiger charge is -2.06. The van der Waals surface area contributed by atoms with Gasteiger partial charge in [-0.3, -0.25) is 4.79 Å². The average molecular weight is 489 g/mol. The van der Waals surface area contributed by atoms with E-state index in [0.717, 1.165) is 10.0 Å². The molecule has 120 valence electrons. The van der Waals surface area contributed by atoms with Gasteiger partial charge in [0.15, 0.2) is 6.61 Å². The minimum absolute atomic E-state index is 0.114. The number of hydrogen-bond acceptors (Lipinski definition) is 4. The van der Waals surface area contributed by atoms with Crippen LogP contribution >= 0.6 is 38.5 Å². The monoisotopic (exact) mass is 488 g/mol. The molecule has 0 heterocycles. The molecule has 0 radical (unpaired) electrons. The van der Waals surface area contributed by atoms with Crippen LogP contribution in [0.1, 0.15) is 11.1 Å². The highest BCUT2D eigenvalue weighted by Gasteiger charge is 2.06. The van der Waals surface area contributed by atoms with E-state index in [0.29, 0.717) is 14.9 Å². The first kappa shape index (κ1) is 17.7. The van der Waals surface area contributed by atoms with Gasteiger partial charge in [0.25, 0.3) is 5.91 Å². The van der Waals surface area contributed by atoms with Crippen molar-refractivity contribution in [3.8, 4) is 11.5 Å². The summed E-state index contributed by atoms with van der Waals surface area (Å²) in [5.74, 6) is 0.359. The summed E-state index contributed by atoms with van der Waals surface area (Å²) in [6.45, 7) is 1.81. The Hall–Kier alpha value is -1.61. The Kier molecular flexibility index (Phi) is 6.40. The number of amides is 1. The summed E-state index contributed by atoms with van der Waals surface area (Å²) in [7, 11) is 0. The van der Waals surface area contributed by atoms with Gasteiger partial charge in [0, 0.05) is 10.0 Å². The van der Waals surface area contributed by atoms with Crippen molar-refractivity contribution in [2.75, 3.05) is 6.61 Å². The van der Waals surface area contributed by atoms with Crippen molar-refractivity contribution >= 4 is 50.6 Å². The van der Waals surface area contributed by atoms with Crippen molar-refractivity contribution in [2.24, 2.45) is 5.10 Å². The second-order valence-electron chi connectivity index (χ2n) is 4.72. The fourth-order valence-corrected chi connectivity index (χ4v) is 3.29. The highest BCUT2D eigenvalue weighted by Crippen LogP contribution is 2.27. The molecular formula is C16H14BrIN2O3. The molecule has 2 aromatic rings. The number of carbonyl (C=O) groups is 1. The number of hydrogen-bond donors (Lipinski definition) is 2. The van der Waals surface area contributed by atoms with Gasteiger partial charge < -0.3 is 9.84 Å². The van der Waals surface area contributed by atoms with E-state index >= 15 is 0 Å². The molecule has 0 bridgehead atoms. The standard InChI is InChI=1S/C16H14BrIN2O3/c1-10-3-2-4-13(5-10)23-9-15(21)20-19-8-11-6-12(17)7-14(18)16(11)22/h2-8,22H,9H2,1H3,(H,20,21). The van der Waals surface area contributed by atoms with E-state index in [4.69, 9.17) is 4.74 Å². The maximum absolute atomic E-state index is 11.7. The average Bonchev–Trinajstić information content (AvgIpc) is 2.50. The summed E-state index contributed by atoms with van der Waals surface area (Å²) in [5.41, 5.74) is 3.92. The van der Waals surface area contributed by atoms with Gasteiger partial charge >= 0.3 is 0 Å². The Bertz CT molecular complexity index is 750. The molecule has 0 atom stereocenters. The lowest BCUT2D eigenvalue weighted by molar-refractivity contribution is -0.123. The van der Waals surface area contributed by atoms with E-state index in [1.165, 1.54) is 6.21 Å². The van der Waals surface area contributed by atoms with Crippen LogP contribution in [0.4, 0.5) is 0 Å². The Balaban J connectivity index is 1.89. The molecule has 0 aromatic heterocycles. The predicted molar refractivity (Wildman–Crippen MR) is 101 cm³/mol. The third kappa shape index (κ3) is 5.51.